The van der Waals surface area contributed by atoms with Crippen LogP contribution in [-0.2, 0) is 9.47 Å². The van der Waals surface area contributed by atoms with E-state index in [4.69, 9.17) is 25.8 Å². The van der Waals surface area contributed by atoms with Gasteiger partial charge < -0.3 is 19.5 Å². The standard InChI is InChI=1S/C21H30ClN5O4/c1-21(2,3)31-20(28)24-13-7-9-14(10-8-13)30-18-15-12-23-27(16-6-4-5-11-29-16)17(15)25-19(22)26-18/h12-14,16H,4-11H2,1-3H3,(H,24,28). The summed E-state index contributed by atoms with van der Waals surface area (Å²) < 4.78 is 19.2. The summed E-state index contributed by atoms with van der Waals surface area (Å²) in [5.74, 6) is 0.445. The van der Waals surface area contributed by atoms with Crippen molar-refractivity contribution in [1.29, 1.82) is 0 Å². The molecule has 1 saturated heterocycles. The number of nitrogens with one attached hydrogen (secondary N) is 1. The third-order valence-corrected chi connectivity index (χ3v) is 5.66. The van der Waals surface area contributed by atoms with E-state index in [2.05, 4.69) is 20.4 Å². The summed E-state index contributed by atoms with van der Waals surface area (Å²) in [6.07, 6.45) is 7.44. The van der Waals surface area contributed by atoms with Crippen LogP contribution >= 0.6 is 11.6 Å². The summed E-state index contributed by atoms with van der Waals surface area (Å²) in [6.45, 7) is 6.28. The Morgan fingerprint density at radius 1 is 1.19 bits per heavy atom. The number of amides is 1. The second-order valence-corrected chi connectivity index (χ2v) is 9.52. The maximum Gasteiger partial charge on any atom is 0.407 e. The maximum absolute atomic E-state index is 12.0. The van der Waals surface area contributed by atoms with Crippen LogP contribution in [0.4, 0.5) is 4.79 Å². The molecule has 9 nitrogen and oxygen atoms in total. The van der Waals surface area contributed by atoms with Crippen molar-refractivity contribution in [2.75, 3.05) is 6.61 Å². The number of nitrogens with zero attached hydrogens (tertiary/aromatic N) is 4. The van der Waals surface area contributed by atoms with E-state index >= 15 is 0 Å². The molecule has 3 heterocycles. The van der Waals surface area contributed by atoms with Gasteiger partial charge in [-0.2, -0.15) is 15.1 Å². The highest BCUT2D eigenvalue weighted by Crippen LogP contribution is 2.32. The maximum atomic E-state index is 12.0. The predicted molar refractivity (Wildman–Crippen MR) is 115 cm³/mol. The summed E-state index contributed by atoms with van der Waals surface area (Å²) in [5.41, 5.74) is 0.122. The molecule has 1 aliphatic heterocycles. The molecule has 10 heteroatoms. The molecule has 0 bridgehead atoms. The van der Waals surface area contributed by atoms with Crippen molar-refractivity contribution in [1.82, 2.24) is 25.1 Å². The molecule has 170 valence electrons. The average Bonchev–Trinajstić information content (AvgIpc) is 3.12. The molecule has 1 N–H and O–H groups in total. The quantitative estimate of drug-likeness (QED) is 0.687. The van der Waals surface area contributed by atoms with E-state index in [9.17, 15) is 4.79 Å². The zero-order valence-corrected chi connectivity index (χ0v) is 19.0. The monoisotopic (exact) mass is 451 g/mol. The summed E-state index contributed by atoms with van der Waals surface area (Å²) >= 11 is 6.20. The molecule has 0 spiro atoms. The molecular formula is C21H30ClN5O4. The molecule has 1 atom stereocenters. The van der Waals surface area contributed by atoms with Gasteiger partial charge in [-0.3, -0.25) is 0 Å². The molecule has 1 aliphatic carbocycles. The number of hydrogen-bond donors (Lipinski definition) is 1. The van der Waals surface area contributed by atoms with Gasteiger partial charge in [-0.1, -0.05) is 0 Å². The van der Waals surface area contributed by atoms with Crippen molar-refractivity contribution < 1.29 is 19.0 Å². The fourth-order valence-corrected chi connectivity index (χ4v) is 4.21. The van der Waals surface area contributed by atoms with Crippen molar-refractivity contribution in [3.63, 3.8) is 0 Å². The van der Waals surface area contributed by atoms with Crippen LogP contribution in [0, 0.1) is 0 Å². The van der Waals surface area contributed by atoms with E-state index in [1.165, 1.54) is 0 Å². The van der Waals surface area contributed by atoms with Gasteiger partial charge in [0.1, 0.15) is 17.1 Å². The lowest BCUT2D eigenvalue weighted by Crippen LogP contribution is -2.42. The SMILES string of the molecule is CC(C)(C)OC(=O)NC1CCC(Oc2nc(Cl)nc3c2cnn3C2CCCCO2)CC1. The summed E-state index contributed by atoms with van der Waals surface area (Å²) in [7, 11) is 0. The van der Waals surface area contributed by atoms with E-state index in [0.29, 0.717) is 11.5 Å². The Kier molecular flexibility index (Phi) is 6.52. The minimum absolute atomic E-state index is 0.0138. The van der Waals surface area contributed by atoms with Gasteiger partial charge in [0.2, 0.25) is 11.2 Å². The van der Waals surface area contributed by atoms with Crippen LogP contribution in [0.2, 0.25) is 5.28 Å². The molecule has 31 heavy (non-hydrogen) atoms. The van der Waals surface area contributed by atoms with Gasteiger partial charge in [0, 0.05) is 12.6 Å². The summed E-state index contributed by atoms with van der Waals surface area (Å²) in [6, 6.07) is 0.0786. The molecule has 0 radical (unpaired) electrons. The first-order valence-corrected chi connectivity index (χ1v) is 11.3. The van der Waals surface area contributed by atoms with Gasteiger partial charge in [-0.25, -0.2) is 9.48 Å². The fourth-order valence-electron chi connectivity index (χ4n) is 4.05. The zero-order valence-electron chi connectivity index (χ0n) is 18.3. The molecule has 0 aromatic carbocycles. The van der Waals surface area contributed by atoms with Crippen LogP contribution in [0.1, 0.15) is 71.9 Å². The summed E-state index contributed by atoms with van der Waals surface area (Å²) in [4.78, 5) is 20.7. The fraction of sp³-hybridized carbons (Fsp3) is 0.714. The lowest BCUT2D eigenvalue weighted by atomic mass is 9.93. The Balaban J connectivity index is 1.39. The van der Waals surface area contributed by atoms with Crippen LogP contribution in [0.3, 0.4) is 0 Å². The third kappa shape index (κ3) is 5.57. The Morgan fingerprint density at radius 2 is 1.97 bits per heavy atom. The van der Waals surface area contributed by atoms with Crippen molar-refractivity contribution in [2.45, 2.75) is 89.7 Å². The lowest BCUT2D eigenvalue weighted by molar-refractivity contribution is -0.0370. The van der Waals surface area contributed by atoms with E-state index < -0.39 is 5.60 Å². The normalized spacial score (nSPS) is 24.7. The molecular weight excluding hydrogens is 422 g/mol. The molecule has 1 unspecified atom stereocenters. The van der Waals surface area contributed by atoms with Crippen LogP contribution in [-0.4, -0.2) is 50.2 Å². The molecule has 1 amide bonds. The molecule has 2 fully saturated rings. The van der Waals surface area contributed by atoms with Crippen LogP contribution in [0.5, 0.6) is 5.88 Å². The molecule has 2 aromatic heterocycles. The summed E-state index contributed by atoms with van der Waals surface area (Å²) in [5, 5.41) is 8.28. The number of alkyl carbamates (subject to hydrolysis) is 1. The van der Waals surface area contributed by atoms with Gasteiger partial charge in [-0.05, 0) is 77.3 Å². The molecule has 1 saturated carbocycles. The number of fused-ring (bicyclic) bond motifs is 1. The highest BCUT2D eigenvalue weighted by atomic mass is 35.5. The van der Waals surface area contributed by atoms with Crippen molar-refractivity contribution in [3.05, 3.63) is 11.5 Å². The number of aromatic nitrogens is 4. The highest BCUT2D eigenvalue weighted by Gasteiger charge is 2.28. The number of rotatable bonds is 4. The van der Waals surface area contributed by atoms with Gasteiger partial charge in [0.15, 0.2) is 11.9 Å². The number of ether oxygens (including phenoxy) is 3. The number of hydrogen-bond acceptors (Lipinski definition) is 7. The van der Waals surface area contributed by atoms with Crippen molar-refractivity contribution in [2.24, 2.45) is 0 Å². The van der Waals surface area contributed by atoms with E-state index in [-0.39, 0.29) is 29.8 Å². The van der Waals surface area contributed by atoms with E-state index in [1.807, 2.05) is 20.8 Å². The Labute approximate surface area is 186 Å². The first-order valence-electron chi connectivity index (χ1n) is 11.0. The van der Waals surface area contributed by atoms with Gasteiger partial charge >= 0.3 is 6.09 Å². The van der Waals surface area contributed by atoms with Gasteiger partial charge in [-0.15, -0.1) is 0 Å². The van der Waals surface area contributed by atoms with E-state index in [1.54, 1.807) is 10.9 Å². The van der Waals surface area contributed by atoms with Gasteiger partial charge in [0.25, 0.3) is 0 Å². The number of carbonyl (C=O) groups excluding carboxylic acids is 1. The predicted octanol–water partition coefficient (Wildman–Crippen LogP) is 4.39. The second-order valence-electron chi connectivity index (χ2n) is 9.18. The van der Waals surface area contributed by atoms with E-state index in [0.717, 1.165) is 56.9 Å². The average molecular weight is 452 g/mol. The second kappa shape index (κ2) is 9.16. The minimum Gasteiger partial charge on any atom is -0.474 e. The largest absolute Gasteiger partial charge is 0.474 e. The van der Waals surface area contributed by atoms with Crippen LogP contribution in [0.15, 0.2) is 6.20 Å². The number of halogens is 1. The first kappa shape index (κ1) is 22.1. The van der Waals surface area contributed by atoms with Crippen molar-refractivity contribution >= 4 is 28.7 Å². The Hall–Kier alpha value is -2.13. The van der Waals surface area contributed by atoms with Crippen molar-refractivity contribution in [3.8, 4) is 5.88 Å². The zero-order chi connectivity index (χ0) is 22.0. The first-order chi connectivity index (χ1) is 14.8. The van der Waals surface area contributed by atoms with Gasteiger partial charge in [0.05, 0.1) is 6.20 Å². The molecule has 4 rings (SSSR count). The topological polar surface area (TPSA) is 100 Å². The smallest absolute Gasteiger partial charge is 0.407 e. The van der Waals surface area contributed by atoms with Crippen LogP contribution in [0.25, 0.3) is 11.0 Å². The van der Waals surface area contributed by atoms with Crippen LogP contribution < -0.4 is 10.1 Å². The lowest BCUT2D eigenvalue weighted by Gasteiger charge is -2.30. The minimum atomic E-state index is -0.505. The molecule has 2 aliphatic rings. The third-order valence-electron chi connectivity index (χ3n) is 5.49. The number of carbonyl (C=O) groups is 1. The Bertz CT molecular complexity index is 914. The Morgan fingerprint density at radius 3 is 2.65 bits per heavy atom. The molecule has 2 aromatic rings. The highest BCUT2D eigenvalue weighted by molar-refractivity contribution is 6.28.